The Kier molecular flexibility index (Phi) is 9.89. The maximum absolute atomic E-state index is 12.7. The Hall–Kier alpha value is -3.56. The van der Waals surface area contributed by atoms with E-state index in [1.165, 1.54) is 19.1 Å². The first-order valence-electron chi connectivity index (χ1n) is 11.8. The van der Waals surface area contributed by atoms with Crippen LogP contribution in [0.4, 0.5) is 0 Å². The maximum atomic E-state index is 12.7. The Morgan fingerprint density at radius 1 is 1.14 bits per heavy atom. The van der Waals surface area contributed by atoms with E-state index >= 15 is 0 Å². The van der Waals surface area contributed by atoms with Gasteiger partial charge in [0.15, 0.2) is 0 Å². The van der Waals surface area contributed by atoms with Crippen LogP contribution in [0.2, 0.25) is 0 Å². The third-order valence-electron chi connectivity index (χ3n) is 6.39. The average molecular weight is 506 g/mol. The van der Waals surface area contributed by atoms with E-state index in [-0.39, 0.29) is 49.1 Å². The smallest absolute Gasteiger partial charge is 0.315 e. The predicted molar refractivity (Wildman–Crippen MR) is 131 cm³/mol. The number of allylic oxidation sites excluding steroid dienone is 2. The van der Waals surface area contributed by atoms with Gasteiger partial charge in [-0.25, -0.2) is 0 Å². The summed E-state index contributed by atoms with van der Waals surface area (Å²) in [5, 5.41) is 31.2. The topological polar surface area (TPSA) is 145 Å². The first-order chi connectivity index (χ1) is 16.8. The van der Waals surface area contributed by atoms with Crippen molar-refractivity contribution in [1.29, 1.82) is 0 Å². The van der Waals surface area contributed by atoms with Gasteiger partial charge in [-0.1, -0.05) is 18.2 Å². The first-order valence-corrected chi connectivity index (χ1v) is 11.8. The van der Waals surface area contributed by atoms with Crippen molar-refractivity contribution < 1.29 is 39.2 Å². The standard InChI is InChI=1S/C26H35NO9/c1-16(2)20-9-8-18(15-35-17(3)28)12-21(20)24-22(29)13-19(14-23(24)30)26(4,5)25(31)34-10-6-7-11-36-27(32)33/h12-14,20-21,29-30H,1,6-11,15H2,2-5H3/t20-,21+/m1/s1. The number of carbonyl (C=O) groups is 2. The first kappa shape index (κ1) is 28.7. The number of esters is 2. The highest BCUT2D eigenvalue weighted by Gasteiger charge is 2.36. The highest BCUT2D eigenvalue weighted by molar-refractivity contribution is 5.82. The number of carbonyl (C=O) groups excluding carboxylic acids is 2. The monoisotopic (exact) mass is 505 g/mol. The van der Waals surface area contributed by atoms with Crippen LogP contribution < -0.4 is 0 Å². The molecule has 0 amide bonds. The summed E-state index contributed by atoms with van der Waals surface area (Å²) in [5.74, 6) is -1.69. The van der Waals surface area contributed by atoms with E-state index in [2.05, 4.69) is 11.4 Å². The molecule has 0 unspecified atom stereocenters. The van der Waals surface area contributed by atoms with Crippen molar-refractivity contribution >= 4 is 11.9 Å². The van der Waals surface area contributed by atoms with Crippen LogP contribution in [0.25, 0.3) is 0 Å². The minimum Gasteiger partial charge on any atom is -0.507 e. The molecule has 1 aliphatic carbocycles. The number of nitrogens with zero attached hydrogens (tertiary/aromatic N) is 1. The molecule has 36 heavy (non-hydrogen) atoms. The zero-order chi connectivity index (χ0) is 27.0. The molecule has 0 spiro atoms. The van der Waals surface area contributed by atoms with E-state index in [4.69, 9.17) is 9.47 Å². The summed E-state index contributed by atoms with van der Waals surface area (Å²) in [5.41, 5.74) is 1.30. The van der Waals surface area contributed by atoms with Crippen LogP contribution in [-0.4, -0.2) is 47.1 Å². The van der Waals surface area contributed by atoms with Crippen LogP contribution in [0.5, 0.6) is 11.5 Å². The number of hydrogen-bond acceptors (Lipinski definition) is 9. The number of ether oxygens (including phenoxy) is 2. The SMILES string of the molecule is C=C(C)[C@H]1CCC(COC(C)=O)=C[C@@H]1c1c(O)cc(C(C)(C)C(=O)OCCCCO[N+](=O)[O-])cc1O. The molecule has 198 valence electrons. The lowest BCUT2D eigenvalue weighted by Crippen LogP contribution is -2.31. The molecule has 0 saturated carbocycles. The van der Waals surface area contributed by atoms with E-state index in [1.54, 1.807) is 13.8 Å². The number of benzene rings is 1. The second kappa shape index (κ2) is 12.4. The lowest BCUT2D eigenvalue weighted by Gasteiger charge is -2.32. The largest absolute Gasteiger partial charge is 0.507 e. The van der Waals surface area contributed by atoms with Crippen molar-refractivity contribution in [3.8, 4) is 11.5 Å². The van der Waals surface area contributed by atoms with Gasteiger partial charge < -0.3 is 24.5 Å². The summed E-state index contributed by atoms with van der Waals surface area (Å²) in [6.45, 7) is 10.7. The van der Waals surface area contributed by atoms with Gasteiger partial charge in [0.2, 0.25) is 0 Å². The summed E-state index contributed by atoms with van der Waals surface area (Å²) in [7, 11) is 0. The lowest BCUT2D eigenvalue weighted by atomic mass is 9.73. The highest BCUT2D eigenvalue weighted by Crippen LogP contribution is 2.47. The van der Waals surface area contributed by atoms with E-state index in [9.17, 15) is 29.9 Å². The molecule has 0 aromatic heterocycles. The predicted octanol–water partition coefficient (Wildman–Crippen LogP) is 4.47. The van der Waals surface area contributed by atoms with Gasteiger partial charge in [0, 0.05) is 18.4 Å². The summed E-state index contributed by atoms with van der Waals surface area (Å²) >= 11 is 0. The van der Waals surface area contributed by atoms with Gasteiger partial charge in [-0.05, 0) is 75.6 Å². The number of phenolic OH excluding ortho intramolecular Hbond substituents is 2. The van der Waals surface area contributed by atoms with Gasteiger partial charge in [0.1, 0.15) is 18.1 Å². The Morgan fingerprint density at radius 3 is 2.31 bits per heavy atom. The molecule has 1 aliphatic rings. The molecule has 10 nitrogen and oxygen atoms in total. The normalized spacial score (nSPS) is 17.6. The fourth-order valence-electron chi connectivity index (χ4n) is 4.26. The molecule has 2 atom stereocenters. The van der Waals surface area contributed by atoms with Crippen LogP contribution in [0.1, 0.15) is 70.4 Å². The third kappa shape index (κ3) is 7.47. The van der Waals surface area contributed by atoms with E-state index in [0.717, 1.165) is 17.6 Å². The molecule has 1 aromatic carbocycles. The Labute approximate surface area is 210 Å². The van der Waals surface area contributed by atoms with Crippen LogP contribution in [0, 0.1) is 16.0 Å². The molecular formula is C26H35NO9. The quantitative estimate of drug-likeness (QED) is 0.138. The minimum absolute atomic E-state index is 0.0361. The minimum atomic E-state index is -1.18. The summed E-state index contributed by atoms with van der Waals surface area (Å²) in [6, 6.07) is 2.90. The zero-order valence-corrected chi connectivity index (χ0v) is 21.2. The molecule has 0 radical (unpaired) electrons. The van der Waals surface area contributed by atoms with Crippen LogP contribution in [-0.2, 0) is 29.3 Å². The number of hydrogen-bond donors (Lipinski definition) is 2. The molecular weight excluding hydrogens is 470 g/mol. The van der Waals surface area contributed by atoms with Gasteiger partial charge in [0.05, 0.1) is 18.6 Å². The fraction of sp³-hybridized carbons (Fsp3) is 0.538. The molecule has 0 aliphatic heterocycles. The second-order valence-corrected chi connectivity index (χ2v) is 9.58. The number of rotatable bonds is 12. The van der Waals surface area contributed by atoms with Crippen molar-refractivity contribution in [2.45, 2.75) is 64.7 Å². The summed E-state index contributed by atoms with van der Waals surface area (Å²) in [6.07, 6.45) is 4.07. The number of phenols is 2. The van der Waals surface area contributed by atoms with Gasteiger partial charge in [0.25, 0.3) is 5.09 Å². The van der Waals surface area contributed by atoms with E-state index in [0.29, 0.717) is 30.4 Å². The second-order valence-electron chi connectivity index (χ2n) is 9.58. The average Bonchev–Trinajstić information content (AvgIpc) is 2.78. The third-order valence-corrected chi connectivity index (χ3v) is 6.39. The van der Waals surface area contributed by atoms with Gasteiger partial charge in [-0.3, -0.25) is 9.59 Å². The van der Waals surface area contributed by atoms with Crippen molar-refractivity contribution in [3.05, 3.63) is 57.2 Å². The lowest BCUT2D eigenvalue weighted by molar-refractivity contribution is -0.757. The molecule has 0 fully saturated rings. The molecule has 0 bridgehead atoms. The van der Waals surface area contributed by atoms with E-state index in [1.807, 2.05) is 13.0 Å². The van der Waals surface area contributed by atoms with Crippen LogP contribution in [0.3, 0.4) is 0 Å². The van der Waals surface area contributed by atoms with E-state index < -0.39 is 16.5 Å². The van der Waals surface area contributed by atoms with Crippen LogP contribution in [0.15, 0.2) is 35.9 Å². The fourth-order valence-corrected chi connectivity index (χ4v) is 4.26. The van der Waals surface area contributed by atoms with Crippen molar-refractivity contribution in [2.75, 3.05) is 19.8 Å². The zero-order valence-electron chi connectivity index (χ0n) is 21.2. The van der Waals surface area contributed by atoms with Crippen molar-refractivity contribution in [3.63, 3.8) is 0 Å². The molecule has 2 rings (SSSR count). The molecule has 2 N–H and O–H groups in total. The molecule has 1 aromatic rings. The molecule has 0 heterocycles. The van der Waals surface area contributed by atoms with Gasteiger partial charge in [-0.15, -0.1) is 10.1 Å². The summed E-state index contributed by atoms with van der Waals surface area (Å²) < 4.78 is 10.4. The number of aromatic hydroxyl groups is 2. The molecule has 10 heteroatoms. The van der Waals surface area contributed by atoms with Crippen LogP contribution >= 0.6 is 0 Å². The maximum Gasteiger partial charge on any atom is 0.315 e. The van der Waals surface area contributed by atoms with Crippen molar-refractivity contribution in [2.24, 2.45) is 5.92 Å². The van der Waals surface area contributed by atoms with Gasteiger partial charge in [-0.2, -0.15) is 0 Å². The Balaban J connectivity index is 2.23. The highest BCUT2D eigenvalue weighted by atomic mass is 16.9. The van der Waals surface area contributed by atoms with Gasteiger partial charge >= 0.3 is 11.9 Å². The Bertz CT molecular complexity index is 1010. The Morgan fingerprint density at radius 2 is 1.75 bits per heavy atom. The molecule has 0 saturated heterocycles. The number of unbranched alkanes of at least 4 members (excludes halogenated alkanes) is 1. The van der Waals surface area contributed by atoms with Crippen molar-refractivity contribution in [1.82, 2.24) is 0 Å². The summed E-state index contributed by atoms with van der Waals surface area (Å²) in [4.78, 5) is 38.4.